The first-order chi connectivity index (χ1) is 6.52. The summed E-state index contributed by atoms with van der Waals surface area (Å²) in [6.45, 7) is 3.40. The number of rotatable bonds is 3. The van der Waals surface area contributed by atoms with Gasteiger partial charge < -0.3 is 14.6 Å². The molecule has 0 amide bonds. The SMILES string of the molecule is Cc1c(Br)ccc(OCC(=O)[O-])c1C. The van der Waals surface area contributed by atoms with E-state index in [1.54, 1.807) is 6.07 Å². The van der Waals surface area contributed by atoms with E-state index < -0.39 is 12.6 Å². The Morgan fingerprint density at radius 1 is 1.43 bits per heavy atom. The molecule has 0 heterocycles. The molecule has 0 N–H and O–H groups in total. The summed E-state index contributed by atoms with van der Waals surface area (Å²) < 4.78 is 6.03. The second-order valence-electron chi connectivity index (χ2n) is 2.96. The fourth-order valence-corrected chi connectivity index (χ4v) is 1.49. The molecule has 4 heteroatoms. The van der Waals surface area contributed by atoms with Crippen molar-refractivity contribution < 1.29 is 14.6 Å². The summed E-state index contributed by atoms with van der Waals surface area (Å²) in [5.41, 5.74) is 1.97. The van der Waals surface area contributed by atoms with E-state index in [-0.39, 0.29) is 0 Å². The van der Waals surface area contributed by atoms with Gasteiger partial charge >= 0.3 is 0 Å². The molecule has 3 nitrogen and oxygen atoms in total. The fourth-order valence-electron chi connectivity index (χ4n) is 1.06. The van der Waals surface area contributed by atoms with Crippen LogP contribution in [0.2, 0.25) is 0 Å². The number of hydrogen-bond donors (Lipinski definition) is 0. The van der Waals surface area contributed by atoms with Gasteiger partial charge in [0.1, 0.15) is 12.4 Å². The van der Waals surface area contributed by atoms with Crippen molar-refractivity contribution in [3.05, 3.63) is 27.7 Å². The normalized spacial score (nSPS) is 9.93. The predicted octanol–water partition coefficient (Wildman–Crippen LogP) is 1.19. The van der Waals surface area contributed by atoms with E-state index in [4.69, 9.17) is 4.74 Å². The predicted molar refractivity (Wildman–Crippen MR) is 54.1 cm³/mol. The molecule has 0 spiro atoms. The van der Waals surface area contributed by atoms with Gasteiger partial charge in [0.2, 0.25) is 0 Å². The van der Waals surface area contributed by atoms with Gasteiger partial charge in [-0.1, -0.05) is 15.9 Å². The van der Waals surface area contributed by atoms with Crippen molar-refractivity contribution in [3.8, 4) is 5.75 Å². The number of ether oxygens (including phenoxy) is 1. The number of halogens is 1. The average Bonchev–Trinajstić information content (AvgIpc) is 2.13. The molecule has 0 unspecified atom stereocenters. The van der Waals surface area contributed by atoms with Crippen LogP contribution in [-0.2, 0) is 4.79 Å². The van der Waals surface area contributed by atoms with Gasteiger partial charge in [0.15, 0.2) is 0 Å². The average molecular weight is 258 g/mol. The summed E-state index contributed by atoms with van der Waals surface area (Å²) in [6.07, 6.45) is 0. The van der Waals surface area contributed by atoms with Gasteiger partial charge in [0.25, 0.3) is 0 Å². The maximum absolute atomic E-state index is 10.2. The highest BCUT2D eigenvalue weighted by Gasteiger charge is 2.05. The Morgan fingerprint density at radius 3 is 2.64 bits per heavy atom. The molecular formula is C10H10BrO3-. The Kier molecular flexibility index (Phi) is 3.52. The molecule has 0 atom stereocenters. The molecule has 0 aliphatic heterocycles. The summed E-state index contributed by atoms with van der Waals surface area (Å²) in [7, 11) is 0. The van der Waals surface area contributed by atoms with Gasteiger partial charge in [-0.15, -0.1) is 0 Å². The number of benzene rings is 1. The molecule has 0 fully saturated rings. The van der Waals surface area contributed by atoms with Crippen LogP contribution in [0.25, 0.3) is 0 Å². The largest absolute Gasteiger partial charge is 0.546 e. The van der Waals surface area contributed by atoms with Gasteiger partial charge in [-0.25, -0.2) is 0 Å². The molecule has 0 saturated heterocycles. The lowest BCUT2D eigenvalue weighted by Crippen LogP contribution is -2.29. The molecule has 0 saturated carbocycles. The zero-order valence-electron chi connectivity index (χ0n) is 7.96. The van der Waals surface area contributed by atoms with Crippen LogP contribution in [0.1, 0.15) is 11.1 Å². The van der Waals surface area contributed by atoms with Gasteiger partial charge in [0, 0.05) is 4.47 Å². The number of carbonyl (C=O) groups is 1. The van der Waals surface area contributed by atoms with E-state index in [0.717, 1.165) is 15.6 Å². The van der Waals surface area contributed by atoms with Gasteiger partial charge in [-0.3, -0.25) is 0 Å². The van der Waals surface area contributed by atoms with Crippen molar-refractivity contribution in [2.45, 2.75) is 13.8 Å². The highest BCUT2D eigenvalue weighted by molar-refractivity contribution is 9.10. The number of carboxylic acid groups (broad SMARTS) is 1. The van der Waals surface area contributed by atoms with Crippen molar-refractivity contribution >= 4 is 21.9 Å². The van der Waals surface area contributed by atoms with Crippen LogP contribution in [0.3, 0.4) is 0 Å². The number of carboxylic acids is 1. The lowest BCUT2D eigenvalue weighted by atomic mass is 10.1. The summed E-state index contributed by atoms with van der Waals surface area (Å²) >= 11 is 3.38. The van der Waals surface area contributed by atoms with Crippen molar-refractivity contribution in [2.75, 3.05) is 6.61 Å². The standard InChI is InChI=1S/C10H11BrO3/c1-6-7(2)9(4-3-8(6)11)14-5-10(12)13/h3-4H,5H2,1-2H3,(H,12,13)/p-1. The maximum Gasteiger partial charge on any atom is 0.128 e. The highest BCUT2D eigenvalue weighted by Crippen LogP contribution is 2.27. The molecule has 0 aliphatic rings. The van der Waals surface area contributed by atoms with Crippen molar-refractivity contribution in [1.29, 1.82) is 0 Å². The second-order valence-corrected chi connectivity index (χ2v) is 3.81. The molecular weight excluding hydrogens is 248 g/mol. The minimum atomic E-state index is -1.22. The van der Waals surface area contributed by atoms with Crippen LogP contribution in [-0.4, -0.2) is 12.6 Å². The monoisotopic (exact) mass is 257 g/mol. The van der Waals surface area contributed by atoms with E-state index in [1.165, 1.54) is 0 Å². The molecule has 1 aromatic carbocycles. The first kappa shape index (κ1) is 11.0. The maximum atomic E-state index is 10.2. The second kappa shape index (κ2) is 4.46. The van der Waals surface area contributed by atoms with Crippen LogP contribution >= 0.6 is 15.9 Å². The number of aliphatic carboxylic acids is 1. The van der Waals surface area contributed by atoms with Gasteiger partial charge in [0.05, 0.1) is 5.97 Å². The Morgan fingerprint density at radius 2 is 2.07 bits per heavy atom. The summed E-state index contributed by atoms with van der Waals surface area (Å²) in [6, 6.07) is 3.56. The first-order valence-electron chi connectivity index (χ1n) is 4.10. The summed E-state index contributed by atoms with van der Waals surface area (Å²) in [5.74, 6) is -0.639. The Labute approximate surface area is 90.8 Å². The van der Waals surface area contributed by atoms with Crippen LogP contribution < -0.4 is 9.84 Å². The van der Waals surface area contributed by atoms with Crippen LogP contribution in [0.5, 0.6) is 5.75 Å². The molecule has 14 heavy (non-hydrogen) atoms. The van der Waals surface area contributed by atoms with E-state index in [1.807, 2.05) is 19.9 Å². The third-order valence-corrected chi connectivity index (χ3v) is 2.88. The molecule has 0 aromatic heterocycles. The Balaban J connectivity index is 2.88. The molecule has 1 rings (SSSR count). The molecule has 1 aromatic rings. The minimum Gasteiger partial charge on any atom is -0.546 e. The number of carbonyl (C=O) groups excluding carboxylic acids is 1. The zero-order valence-corrected chi connectivity index (χ0v) is 9.55. The van der Waals surface area contributed by atoms with Crippen molar-refractivity contribution in [1.82, 2.24) is 0 Å². The number of hydrogen-bond acceptors (Lipinski definition) is 3. The Hall–Kier alpha value is -1.03. The molecule has 0 radical (unpaired) electrons. The van der Waals surface area contributed by atoms with E-state index in [0.29, 0.717) is 5.75 Å². The quantitative estimate of drug-likeness (QED) is 0.818. The first-order valence-corrected chi connectivity index (χ1v) is 4.90. The van der Waals surface area contributed by atoms with E-state index >= 15 is 0 Å². The minimum absolute atomic E-state index is 0.415. The zero-order chi connectivity index (χ0) is 10.7. The topological polar surface area (TPSA) is 49.4 Å². The van der Waals surface area contributed by atoms with Gasteiger partial charge in [-0.2, -0.15) is 0 Å². The highest BCUT2D eigenvalue weighted by atomic mass is 79.9. The molecule has 0 bridgehead atoms. The smallest absolute Gasteiger partial charge is 0.128 e. The van der Waals surface area contributed by atoms with Crippen LogP contribution in [0.4, 0.5) is 0 Å². The third kappa shape index (κ3) is 2.48. The lowest BCUT2D eigenvalue weighted by molar-refractivity contribution is -0.307. The summed E-state index contributed by atoms with van der Waals surface area (Å²) in [5, 5.41) is 10.2. The lowest BCUT2D eigenvalue weighted by Gasteiger charge is -2.12. The third-order valence-electron chi connectivity index (χ3n) is 2.02. The molecule has 0 aliphatic carbocycles. The Bertz CT molecular complexity index is 361. The van der Waals surface area contributed by atoms with Crippen molar-refractivity contribution in [2.24, 2.45) is 0 Å². The van der Waals surface area contributed by atoms with Gasteiger partial charge in [-0.05, 0) is 37.1 Å². The molecule has 76 valence electrons. The van der Waals surface area contributed by atoms with Crippen LogP contribution in [0.15, 0.2) is 16.6 Å². The van der Waals surface area contributed by atoms with E-state index in [2.05, 4.69) is 15.9 Å². The van der Waals surface area contributed by atoms with E-state index in [9.17, 15) is 9.90 Å². The van der Waals surface area contributed by atoms with Crippen molar-refractivity contribution in [3.63, 3.8) is 0 Å². The summed E-state index contributed by atoms with van der Waals surface area (Å²) in [4.78, 5) is 10.2. The fraction of sp³-hybridized carbons (Fsp3) is 0.300. The van der Waals surface area contributed by atoms with Crippen LogP contribution in [0, 0.1) is 13.8 Å².